The van der Waals surface area contributed by atoms with Crippen LogP contribution in [-0.4, -0.2) is 63.5 Å². The zero-order valence-electron chi connectivity index (χ0n) is 19.7. The van der Waals surface area contributed by atoms with E-state index in [0.717, 1.165) is 16.3 Å². The Bertz CT molecular complexity index is 1330. The highest BCUT2D eigenvalue weighted by Gasteiger charge is 2.39. The number of hydrogen-bond donors (Lipinski definition) is 0. The predicted molar refractivity (Wildman–Crippen MR) is 128 cm³/mol. The van der Waals surface area contributed by atoms with Gasteiger partial charge in [0.1, 0.15) is 12.4 Å². The molecule has 35 heavy (non-hydrogen) atoms. The van der Waals surface area contributed by atoms with Gasteiger partial charge in [-0.2, -0.15) is 5.10 Å². The number of carbonyl (C=O) groups excluding carboxylic acids is 3. The summed E-state index contributed by atoms with van der Waals surface area (Å²) in [5.74, 6) is -1.17. The van der Waals surface area contributed by atoms with Crippen molar-refractivity contribution in [3.63, 3.8) is 0 Å². The van der Waals surface area contributed by atoms with Crippen LogP contribution in [0.5, 0.6) is 0 Å². The Morgan fingerprint density at radius 3 is 2.40 bits per heavy atom. The van der Waals surface area contributed by atoms with Crippen LogP contribution in [0, 0.1) is 19.7 Å². The van der Waals surface area contributed by atoms with Crippen LogP contribution >= 0.6 is 0 Å². The average Bonchev–Trinajstić information content (AvgIpc) is 3.29. The number of carbonyl (C=O) groups is 3. The van der Waals surface area contributed by atoms with Crippen LogP contribution in [0.25, 0.3) is 0 Å². The zero-order valence-corrected chi connectivity index (χ0v) is 19.7. The van der Waals surface area contributed by atoms with Crippen LogP contribution in [0.2, 0.25) is 0 Å². The quantitative estimate of drug-likeness (QED) is 0.531. The first-order chi connectivity index (χ1) is 16.8. The number of piperazine rings is 1. The highest BCUT2D eigenvalue weighted by Crippen LogP contribution is 2.33. The number of benzene rings is 2. The van der Waals surface area contributed by atoms with Crippen molar-refractivity contribution in [3.8, 4) is 0 Å². The van der Waals surface area contributed by atoms with Crippen molar-refractivity contribution in [2.45, 2.75) is 26.9 Å². The number of anilines is 1. The fourth-order valence-corrected chi connectivity index (χ4v) is 4.80. The molecule has 3 amide bonds. The van der Waals surface area contributed by atoms with E-state index < -0.39 is 5.82 Å². The van der Waals surface area contributed by atoms with Gasteiger partial charge in [-0.15, -0.1) is 0 Å². The molecule has 8 nitrogen and oxygen atoms in total. The molecule has 3 aromatic rings. The van der Waals surface area contributed by atoms with Crippen LogP contribution in [0.1, 0.15) is 37.7 Å². The first-order valence-electron chi connectivity index (χ1n) is 11.6. The van der Waals surface area contributed by atoms with Crippen molar-refractivity contribution in [2.24, 2.45) is 0 Å². The number of fused-ring (bicyclic) bond motifs is 1. The maximum Gasteiger partial charge on any atom is 0.263 e. The van der Waals surface area contributed by atoms with Gasteiger partial charge in [0.25, 0.3) is 11.8 Å². The lowest BCUT2D eigenvalue weighted by atomic mass is 10.1. The molecule has 0 radical (unpaired) electrons. The molecule has 0 bridgehead atoms. The van der Waals surface area contributed by atoms with Gasteiger partial charge in [-0.3, -0.25) is 24.0 Å². The second kappa shape index (κ2) is 8.98. The summed E-state index contributed by atoms with van der Waals surface area (Å²) in [5.41, 5.74) is 3.79. The third kappa shape index (κ3) is 4.29. The van der Waals surface area contributed by atoms with Gasteiger partial charge in [-0.25, -0.2) is 4.39 Å². The normalized spacial score (nSPS) is 15.7. The van der Waals surface area contributed by atoms with E-state index >= 15 is 0 Å². The molecular weight excluding hydrogens is 449 g/mol. The maximum atomic E-state index is 13.6. The fourth-order valence-electron chi connectivity index (χ4n) is 4.80. The molecule has 0 aliphatic carbocycles. The minimum Gasteiger partial charge on any atom is -0.367 e. The molecule has 5 rings (SSSR count). The molecule has 2 aliphatic rings. The highest BCUT2D eigenvalue weighted by molar-refractivity contribution is 6.23. The largest absolute Gasteiger partial charge is 0.367 e. The molecule has 2 aliphatic heterocycles. The minimum atomic E-state index is -0.412. The molecule has 0 atom stereocenters. The Hall–Kier alpha value is -4.01. The SMILES string of the molecule is Cc1cc(C)n(CC(=O)N2CCN(c3cccc4c3C(=O)N(Cc3cccc(F)c3)C4=O)CC2)n1. The second-order valence-electron chi connectivity index (χ2n) is 8.98. The van der Waals surface area contributed by atoms with Crippen LogP contribution in [-0.2, 0) is 17.9 Å². The van der Waals surface area contributed by atoms with Gasteiger partial charge in [-0.05, 0) is 49.7 Å². The summed E-state index contributed by atoms with van der Waals surface area (Å²) in [7, 11) is 0. The molecule has 1 fully saturated rings. The van der Waals surface area contributed by atoms with Crippen molar-refractivity contribution in [1.29, 1.82) is 0 Å². The van der Waals surface area contributed by atoms with E-state index in [0.29, 0.717) is 48.6 Å². The van der Waals surface area contributed by atoms with Crippen molar-refractivity contribution in [2.75, 3.05) is 31.1 Å². The smallest absolute Gasteiger partial charge is 0.263 e. The molecule has 2 aromatic carbocycles. The van der Waals surface area contributed by atoms with Gasteiger partial charge >= 0.3 is 0 Å². The summed E-state index contributed by atoms with van der Waals surface area (Å²) in [4.78, 5) is 44.1. The van der Waals surface area contributed by atoms with Gasteiger partial charge < -0.3 is 9.80 Å². The number of aromatic nitrogens is 2. The van der Waals surface area contributed by atoms with E-state index in [1.165, 1.54) is 12.1 Å². The van der Waals surface area contributed by atoms with Crippen LogP contribution in [0.3, 0.4) is 0 Å². The Kier molecular flexibility index (Phi) is 5.84. The predicted octanol–water partition coefficient (Wildman–Crippen LogP) is 2.78. The number of nitrogens with zero attached hydrogens (tertiary/aromatic N) is 5. The van der Waals surface area contributed by atoms with E-state index in [9.17, 15) is 18.8 Å². The number of aryl methyl sites for hydroxylation is 2. The van der Waals surface area contributed by atoms with Crippen molar-refractivity contribution in [1.82, 2.24) is 19.6 Å². The number of amides is 3. The van der Waals surface area contributed by atoms with Crippen LogP contribution in [0.4, 0.5) is 10.1 Å². The number of hydrogen-bond acceptors (Lipinski definition) is 5. The first kappa shape index (κ1) is 22.8. The summed E-state index contributed by atoms with van der Waals surface area (Å²) in [5, 5.41) is 4.37. The van der Waals surface area contributed by atoms with E-state index in [4.69, 9.17) is 0 Å². The third-order valence-corrected chi connectivity index (χ3v) is 6.57. The van der Waals surface area contributed by atoms with E-state index in [1.54, 1.807) is 33.8 Å². The molecule has 180 valence electrons. The number of imide groups is 1. The van der Waals surface area contributed by atoms with Gasteiger partial charge in [0.2, 0.25) is 5.91 Å². The van der Waals surface area contributed by atoms with Crippen molar-refractivity contribution < 1.29 is 18.8 Å². The fraction of sp³-hybridized carbons (Fsp3) is 0.308. The summed E-state index contributed by atoms with van der Waals surface area (Å²) in [6.07, 6.45) is 0. The third-order valence-electron chi connectivity index (χ3n) is 6.57. The summed E-state index contributed by atoms with van der Waals surface area (Å²) in [6.45, 7) is 6.15. The zero-order chi connectivity index (χ0) is 24.7. The van der Waals surface area contributed by atoms with Crippen molar-refractivity contribution in [3.05, 3.63) is 82.4 Å². The average molecular weight is 476 g/mol. The first-order valence-corrected chi connectivity index (χ1v) is 11.6. The van der Waals surface area contributed by atoms with E-state index in [1.807, 2.05) is 30.9 Å². The molecule has 3 heterocycles. The van der Waals surface area contributed by atoms with Crippen molar-refractivity contribution >= 4 is 23.4 Å². The summed E-state index contributed by atoms with van der Waals surface area (Å²) < 4.78 is 15.3. The maximum absolute atomic E-state index is 13.6. The summed E-state index contributed by atoms with van der Waals surface area (Å²) >= 11 is 0. The van der Waals surface area contributed by atoms with E-state index in [2.05, 4.69) is 5.10 Å². The Labute approximate surface area is 202 Å². The van der Waals surface area contributed by atoms with Gasteiger partial charge in [-0.1, -0.05) is 18.2 Å². The minimum absolute atomic E-state index is 0.00154. The lowest BCUT2D eigenvalue weighted by Crippen LogP contribution is -2.50. The van der Waals surface area contributed by atoms with Gasteiger partial charge in [0.05, 0.1) is 29.1 Å². The second-order valence-corrected chi connectivity index (χ2v) is 8.98. The topological polar surface area (TPSA) is 78.8 Å². The van der Waals surface area contributed by atoms with Crippen LogP contribution < -0.4 is 4.90 Å². The molecule has 1 aromatic heterocycles. The standard InChI is InChI=1S/C26H26FN5O3/c1-17-13-18(2)32(28-17)16-23(33)30-11-9-29(10-12-30)22-8-4-7-21-24(22)26(35)31(25(21)34)15-19-5-3-6-20(27)14-19/h3-8,13-14H,9-12,15-16H2,1-2H3. The Morgan fingerprint density at radius 1 is 0.971 bits per heavy atom. The number of rotatable bonds is 5. The Morgan fingerprint density at radius 2 is 1.71 bits per heavy atom. The van der Waals surface area contributed by atoms with E-state index in [-0.39, 0.29) is 30.8 Å². The Balaban J connectivity index is 1.29. The summed E-state index contributed by atoms with van der Waals surface area (Å²) in [6, 6.07) is 13.1. The lowest BCUT2D eigenvalue weighted by Gasteiger charge is -2.36. The molecule has 0 saturated carbocycles. The monoisotopic (exact) mass is 475 g/mol. The molecule has 0 spiro atoms. The lowest BCUT2D eigenvalue weighted by molar-refractivity contribution is -0.132. The highest BCUT2D eigenvalue weighted by atomic mass is 19.1. The molecule has 0 N–H and O–H groups in total. The molecular formula is C26H26FN5O3. The van der Waals surface area contributed by atoms with Gasteiger partial charge in [0, 0.05) is 31.9 Å². The number of halogens is 1. The molecule has 1 saturated heterocycles. The van der Waals surface area contributed by atoms with Gasteiger partial charge in [0.15, 0.2) is 0 Å². The molecule has 9 heteroatoms. The van der Waals surface area contributed by atoms with Crippen LogP contribution in [0.15, 0.2) is 48.5 Å². The molecule has 0 unspecified atom stereocenters.